The zero-order valence-electron chi connectivity index (χ0n) is 15.9. The fraction of sp³-hybridized carbons (Fsp3) is 0.227. The van der Waals surface area contributed by atoms with Crippen LogP contribution in [0.5, 0.6) is 11.5 Å². The normalized spacial score (nSPS) is 18.5. The maximum absolute atomic E-state index is 13.1. The first kappa shape index (κ1) is 18.7. The third-order valence-corrected chi connectivity index (χ3v) is 5.07. The number of imide groups is 1. The summed E-state index contributed by atoms with van der Waals surface area (Å²) in [4.78, 5) is 39.3. The van der Waals surface area contributed by atoms with Crippen molar-refractivity contribution in [2.45, 2.75) is 25.5 Å². The van der Waals surface area contributed by atoms with E-state index in [0.29, 0.717) is 30.0 Å². The average molecular weight is 392 g/mol. The molecule has 1 atom stereocenters. The molecule has 148 valence electrons. The number of allylic oxidation sites excluding steroid dienone is 1. The number of carbonyl (C=O) groups excluding carboxylic acids is 3. The zero-order chi connectivity index (χ0) is 20.5. The Balaban J connectivity index is 1.59. The number of fused-ring (bicyclic) bond motifs is 1. The molecule has 0 bridgehead atoms. The van der Waals surface area contributed by atoms with Gasteiger partial charge >= 0.3 is 0 Å². The van der Waals surface area contributed by atoms with E-state index in [1.54, 1.807) is 25.3 Å². The second-order valence-corrected chi connectivity index (χ2v) is 6.95. The van der Waals surface area contributed by atoms with Crippen molar-refractivity contribution in [2.24, 2.45) is 0 Å². The molecule has 0 radical (unpaired) electrons. The largest absolute Gasteiger partial charge is 0.497 e. The van der Waals surface area contributed by atoms with Crippen LogP contribution < -0.4 is 14.8 Å². The van der Waals surface area contributed by atoms with Gasteiger partial charge in [-0.05, 0) is 42.7 Å². The van der Waals surface area contributed by atoms with Gasteiger partial charge in [-0.25, -0.2) is 0 Å². The molecule has 1 saturated heterocycles. The predicted octanol–water partition coefficient (Wildman–Crippen LogP) is 2.66. The van der Waals surface area contributed by atoms with Crippen molar-refractivity contribution in [3.8, 4) is 11.5 Å². The Morgan fingerprint density at radius 3 is 2.69 bits per heavy atom. The number of nitrogens with zero attached hydrogens (tertiary/aromatic N) is 1. The van der Waals surface area contributed by atoms with E-state index in [9.17, 15) is 14.4 Å². The molecule has 29 heavy (non-hydrogen) atoms. The van der Waals surface area contributed by atoms with Crippen LogP contribution in [0.2, 0.25) is 0 Å². The molecule has 1 fully saturated rings. The number of nitrogens with one attached hydrogen (secondary N) is 1. The quantitative estimate of drug-likeness (QED) is 0.791. The number of ether oxygens (including phenoxy) is 2. The summed E-state index contributed by atoms with van der Waals surface area (Å²) in [5.74, 6) is -0.378. The van der Waals surface area contributed by atoms with Crippen LogP contribution in [0.25, 0.3) is 0 Å². The topological polar surface area (TPSA) is 84.9 Å². The maximum atomic E-state index is 13.1. The first-order valence-electron chi connectivity index (χ1n) is 9.25. The fourth-order valence-corrected chi connectivity index (χ4v) is 3.61. The summed E-state index contributed by atoms with van der Waals surface area (Å²) in [6, 6.07) is 11.4. The molecule has 4 rings (SSSR count). The van der Waals surface area contributed by atoms with E-state index in [0.717, 1.165) is 10.5 Å². The maximum Gasteiger partial charge on any atom is 0.266 e. The number of benzene rings is 2. The summed E-state index contributed by atoms with van der Waals surface area (Å²) in [6.07, 6.45) is 0.874. The van der Waals surface area contributed by atoms with Crippen molar-refractivity contribution in [3.05, 3.63) is 71.4 Å². The van der Waals surface area contributed by atoms with Gasteiger partial charge in [-0.2, -0.15) is 0 Å². The van der Waals surface area contributed by atoms with Gasteiger partial charge in [0.2, 0.25) is 5.91 Å². The lowest BCUT2D eigenvalue weighted by molar-refractivity contribution is -0.125. The molecule has 3 amide bonds. The molecule has 2 aliphatic rings. The number of hydrogen-bond donors (Lipinski definition) is 1. The molecule has 7 nitrogen and oxygen atoms in total. The summed E-state index contributed by atoms with van der Waals surface area (Å²) >= 11 is 0. The minimum Gasteiger partial charge on any atom is -0.497 e. The molecule has 2 heterocycles. The third kappa shape index (κ3) is 3.35. The summed E-state index contributed by atoms with van der Waals surface area (Å²) in [6.45, 7) is 3.94. The van der Waals surface area contributed by atoms with Crippen molar-refractivity contribution in [1.82, 2.24) is 10.2 Å². The van der Waals surface area contributed by atoms with Gasteiger partial charge in [-0.3, -0.25) is 19.3 Å². The number of methoxy groups -OCH3 is 1. The first-order chi connectivity index (χ1) is 14.0. The van der Waals surface area contributed by atoms with Crippen molar-refractivity contribution in [1.29, 1.82) is 0 Å². The van der Waals surface area contributed by atoms with Gasteiger partial charge in [0, 0.05) is 5.70 Å². The minimum absolute atomic E-state index is 0.192. The number of rotatable bonds is 5. The summed E-state index contributed by atoms with van der Waals surface area (Å²) in [5, 5.41) is 2.62. The fourth-order valence-electron chi connectivity index (χ4n) is 3.61. The number of carbonyl (C=O) groups is 3. The molecule has 0 aromatic heterocycles. The first-order valence-corrected chi connectivity index (χ1v) is 9.25. The average Bonchev–Trinajstić information content (AvgIpc) is 2.98. The highest BCUT2D eigenvalue weighted by Crippen LogP contribution is 2.34. The van der Waals surface area contributed by atoms with E-state index in [2.05, 4.69) is 11.9 Å². The van der Waals surface area contributed by atoms with E-state index in [4.69, 9.17) is 9.47 Å². The van der Waals surface area contributed by atoms with Crippen LogP contribution in [0.3, 0.4) is 0 Å². The second-order valence-electron chi connectivity index (χ2n) is 6.95. The van der Waals surface area contributed by atoms with Gasteiger partial charge < -0.3 is 14.8 Å². The lowest BCUT2D eigenvalue weighted by Gasteiger charge is -2.29. The molecule has 1 N–H and O–H groups in total. The third-order valence-electron chi connectivity index (χ3n) is 5.07. The summed E-state index contributed by atoms with van der Waals surface area (Å²) in [7, 11) is 1.58. The van der Waals surface area contributed by atoms with E-state index in [-0.39, 0.29) is 17.7 Å². The van der Waals surface area contributed by atoms with E-state index in [1.807, 2.05) is 24.3 Å². The van der Waals surface area contributed by atoms with Crippen LogP contribution in [0.4, 0.5) is 0 Å². The second kappa shape index (κ2) is 7.43. The molecule has 0 spiro atoms. The zero-order valence-corrected chi connectivity index (χ0v) is 15.9. The molecule has 2 aliphatic heterocycles. The smallest absolute Gasteiger partial charge is 0.266 e. The Morgan fingerprint density at radius 2 is 1.93 bits per heavy atom. The molecule has 2 aromatic carbocycles. The van der Waals surface area contributed by atoms with Gasteiger partial charge in [0.05, 0.1) is 18.2 Å². The molecule has 7 heteroatoms. The number of amides is 3. The Hall–Kier alpha value is -3.61. The number of hydrogen-bond acceptors (Lipinski definition) is 5. The highest BCUT2D eigenvalue weighted by molar-refractivity contribution is 6.24. The van der Waals surface area contributed by atoms with Gasteiger partial charge in [0.15, 0.2) is 0 Å². The molecule has 0 saturated carbocycles. The van der Waals surface area contributed by atoms with Crippen molar-refractivity contribution < 1.29 is 23.9 Å². The number of piperidine rings is 1. The van der Waals surface area contributed by atoms with Gasteiger partial charge in [-0.15, -0.1) is 0 Å². The van der Waals surface area contributed by atoms with Gasteiger partial charge in [0.1, 0.15) is 24.1 Å². The van der Waals surface area contributed by atoms with Crippen LogP contribution in [0.1, 0.15) is 39.1 Å². The Bertz CT molecular complexity index is 1030. The Morgan fingerprint density at radius 1 is 1.14 bits per heavy atom. The molecular weight excluding hydrogens is 372 g/mol. The van der Waals surface area contributed by atoms with E-state index < -0.39 is 23.8 Å². The standard InChI is InChI=1S/C22H20N2O5/c1-13-9-10-17(20(25)23-13)24-21(26)16-7-4-8-18(19(16)22(24)27)29-12-14-5-3-6-15(11-14)28-2/h3-8,11,17H,1,9-10,12H2,2H3,(H,23,25). The van der Waals surface area contributed by atoms with E-state index >= 15 is 0 Å². The van der Waals surface area contributed by atoms with Crippen molar-refractivity contribution in [3.63, 3.8) is 0 Å². The molecular formula is C22H20N2O5. The van der Waals surface area contributed by atoms with Crippen LogP contribution in [0, 0.1) is 0 Å². The molecule has 0 aliphatic carbocycles. The lowest BCUT2D eigenvalue weighted by Crippen LogP contribution is -2.51. The Labute approximate surface area is 167 Å². The van der Waals surface area contributed by atoms with Crippen LogP contribution >= 0.6 is 0 Å². The van der Waals surface area contributed by atoms with Gasteiger partial charge in [0.25, 0.3) is 11.8 Å². The van der Waals surface area contributed by atoms with E-state index in [1.165, 1.54) is 0 Å². The molecule has 2 aromatic rings. The highest BCUT2D eigenvalue weighted by Gasteiger charge is 2.45. The van der Waals surface area contributed by atoms with Crippen LogP contribution in [0.15, 0.2) is 54.7 Å². The van der Waals surface area contributed by atoms with Crippen LogP contribution in [-0.4, -0.2) is 35.8 Å². The predicted molar refractivity (Wildman–Crippen MR) is 105 cm³/mol. The summed E-state index contributed by atoms with van der Waals surface area (Å²) < 4.78 is 11.1. The lowest BCUT2D eigenvalue weighted by atomic mass is 10.0. The van der Waals surface area contributed by atoms with Crippen LogP contribution in [-0.2, 0) is 11.4 Å². The highest BCUT2D eigenvalue weighted by atomic mass is 16.5. The Kier molecular flexibility index (Phi) is 4.80. The van der Waals surface area contributed by atoms with Crippen molar-refractivity contribution >= 4 is 17.7 Å². The SMILES string of the molecule is C=C1CCC(N2C(=O)c3cccc(OCc4cccc(OC)c4)c3C2=O)C(=O)N1. The summed E-state index contributed by atoms with van der Waals surface area (Å²) in [5.41, 5.74) is 1.89. The van der Waals surface area contributed by atoms with Gasteiger partial charge in [-0.1, -0.05) is 24.8 Å². The monoisotopic (exact) mass is 392 g/mol. The minimum atomic E-state index is -0.848. The van der Waals surface area contributed by atoms with Crippen molar-refractivity contribution in [2.75, 3.05) is 7.11 Å². The molecule has 1 unspecified atom stereocenters.